The second-order valence-electron chi connectivity index (χ2n) is 6.74. The minimum Gasteiger partial charge on any atom is -0.341 e. The number of aromatic amines is 1. The van der Waals surface area contributed by atoms with Crippen LogP contribution in [-0.2, 0) is 13.0 Å². The zero-order valence-corrected chi connectivity index (χ0v) is 15.2. The molecule has 25 heavy (non-hydrogen) atoms. The molecule has 1 saturated heterocycles. The summed E-state index contributed by atoms with van der Waals surface area (Å²) in [6.07, 6.45) is 8.93. The van der Waals surface area contributed by atoms with Crippen LogP contribution in [0.3, 0.4) is 0 Å². The Bertz CT molecular complexity index is 813. The Morgan fingerprint density at radius 2 is 2.20 bits per heavy atom. The summed E-state index contributed by atoms with van der Waals surface area (Å²) in [5.41, 5.74) is 5.99. The van der Waals surface area contributed by atoms with Gasteiger partial charge in [0.2, 0.25) is 0 Å². The summed E-state index contributed by atoms with van der Waals surface area (Å²) in [5.74, 6) is 1.41. The zero-order chi connectivity index (χ0) is 17.1. The van der Waals surface area contributed by atoms with Crippen LogP contribution in [0, 0.1) is 12.8 Å². The van der Waals surface area contributed by atoms with Crippen molar-refractivity contribution in [1.29, 1.82) is 0 Å². The van der Waals surface area contributed by atoms with Gasteiger partial charge in [-0.3, -0.25) is 9.88 Å². The van der Waals surface area contributed by atoms with Gasteiger partial charge in [0.15, 0.2) is 5.82 Å². The van der Waals surface area contributed by atoms with E-state index in [0.717, 1.165) is 49.0 Å². The molecule has 4 rings (SSSR count). The molecule has 1 aliphatic heterocycles. The lowest BCUT2D eigenvalue weighted by Crippen LogP contribution is -2.35. The fourth-order valence-corrected chi connectivity index (χ4v) is 4.01. The number of aryl methyl sites for hydroxylation is 1. The number of aromatic nitrogens is 5. The molecule has 1 N–H and O–H groups in total. The quantitative estimate of drug-likeness (QED) is 0.762. The van der Waals surface area contributed by atoms with Gasteiger partial charge in [-0.2, -0.15) is 0 Å². The Morgan fingerprint density at radius 1 is 1.24 bits per heavy atom. The molecule has 3 aromatic rings. The van der Waals surface area contributed by atoms with Crippen LogP contribution in [0.5, 0.6) is 0 Å². The van der Waals surface area contributed by atoms with Gasteiger partial charge in [0.1, 0.15) is 5.69 Å². The molecular weight excluding hydrogens is 332 g/mol. The molecule has 3 aromatic heterocycles. The summed E-state index contributed by atoms with van der Waals surface area (Å²) in [6.45, 7) is 5.21. The van der Waals surface area contributed by atoms with Crippen molar-refractivity contribution in [2.75, 3.05) is 13.1 Å². The van der Waals surface area contributed by atoms with Crippen LogP contribution in [0.4, 0.5) is 0 Å². The van der Waals surface area contributed by atoms with E-state index in [1.54, 1.807) is 17.5 Å². The van der Waals surface area contributed by atoms with E-state index in [2.05, 4.69) is 30.2 Å². The van der Waals surface area contributed by atoms with E-state index < -0.39 is 0 Å². The van der Waals surface area contributed by atoms with Crippen molar-refractivity contribution in [3.8, 4) is 11.5 Å². The lowest BCUT2D eigenvalue weighted by Gasteiger charge is -2.32. The minimum atomic E-state index is 0.621. The van der Waals surface area contributed by atoms with Crippen LogP contribution in [0.1, 0.15) is 29.9 Å². The van der Waals surface area contributed by atoms with Gasteiger partial charge < -0.3 is 4.98 Å². The van der Waals surface area contributed by atoms with Crippen LogP contribution in [0.15, 0.2) is 29.5 Å². The van der Waals surface area contributed by atoms with Gasteiger partial charge in [0.25, 0.3) is 0 Å². The average Bonchev–Trinajstić information content (AvgIpc) is 3.27. The van der Waals surface area contributed by atoms with Crippen molar-refractivity contribution in [1.82, 2.24) is 29.8 Å². The first-order chi connectivity index (χ1) is 12.3. The Kier molecular flexibility index (Phi) is 4.85. The third-order valence-electron chi connectivity index (χ3n) is 4.60. The SMILES string of the molecule is Cc1cnc(-c2cncc(C[C@H]3CCCN(Cc4cscn4)C3)n2)[nH]1. The molecule has 1 aliphatic rings. The highest BCUT2D eigenvalue weighted by molar-refractivity contribution is 7.07. The molecule has 130 valence electrons. The summed E-state index contributed by atoms with van der Waals surface area (Å²) in [7, 11) is 0. The lowest BCUT2D eigenvalue weighted by molar-refractivity contribution is 0.165. The Balaban J connectivity index is 1.41. The summed E-state index contributed by atoms with van der Waals surface area (Å²) in [6, 6.07) is 0. The summed E-state index contributed by atoms with van der Waals surface area (Å²) < 4.78 is 0. The predicted octanol–water partition coefficient (Wildman–Crippen LogP) is 3.09. The molecule has 1 atom stereocenters. The fraction of sp³-hybridized carbons (Fsp3) is 0.444. The maximum atomic E-state index is 4.77. The Morgan fingerprint density at radius 3 is 3.00 bits per heavy atom. The number of nitrogens with zero attached hydrogens (tertiary/aromatic N) is 5. The third kappa shape index (κ3) is 4.11. The Labute approximate surface area is 151 Å². The highest BCUT2D eigenvalue weighted by atomic mass is 32.1. The first-order valence-electron chi connectivity index (χ1n) is 8.68. The average molecular weight is 354 g/mol. The van der Waals surface area contributed by atoms with Gasteiger partial charge in [-0.1, -0.05) is 0 Å². The molecule has 0 saturated carbocycles. The number of likely N-dealkylation sites (tertiary alicyclic amines) is 1. The molecule has 0 unspecified atom stereocenters. The number of nitrogens with one attached hydrogen (secondary N) is 1. The van der Waals surface area contributed by atoms with Crippen molar-refractivity contribution >= 4 is 11.3 Å². The summed E-state index contributed by atoms with van der Waals surface area (Å²) in [5, 5.41) is 2.14. The van der Waals surface area contributed by atoms with E-state index >= 15 is 0 Å². The molecule has 0 aliphatic carbocycles. The number of hydrogen-bond donors (Lipinski definition) is 1. The van der Waals surface area contributed by atoms with E-state index in [-0.39, 0.29) is 0 Å². The van der Waals surface area contributed by atoms with Crippen molar-refractivity contribution in [3.05, 3.63) is 46.6 Å². The summed E-state index contributed by atoms with van der Waals surface area (Å²) in [4.78, 5) is 23.6. The predicted molar refractivity (Wildman–Crippen MR) is 98.2 cm³/mol. The monoisotopic (exact) mass is 354 g/mol. The minimum absolute atomic E-state index is 0.621. The molecule has 4 heterocycles. The molecule has 6 nitrogen and oxygen atoms in total. The van der Waals surface area contributed by atoms with Gasteiger partial charge in [0, 0.05) is 36.6 Å². The molecule has 0 aromatic carbocycles. The number of hydrogen-bond acceptors (Lipinski definition) is 6. The maximum Gasteiger partial charge on any atom is 0.157 e. The molecule has 1 fully saturated rings. The van der Waals surface area contributed by atoms with Crippen LogP contribution in [0.25, 0.3) is 11.5 Å². The van der Waals surface area contributed by atoms with Crippen LogP contribution in [0.2, 0.25) is 0 Å². The normalized spacial score (nSPS) is 18.5. The lowest BCUT2D eigenvalue weighted by atomic mass is 9.93. The van der Waals surface area contributed by atoms with Gasteiger partial charge >= 0.3 is 0 Å². The molecule has 0 spiro atoms. The topological polar surface area (TPSA) is 70.6 Å². The Hall–Kier alpha value is -2.12. The largest absolute Gasteiger partial charge is 0.341 e. The number of thiazole rings is 1. The standard InChI is InChI=1S/C18H22N6S/c1-13-6-20-18(22-13)17-8-19-7-15(23-17)5-14-3-2-4-24(9-14)10-16-11-25-12-21-16/h6-8,11-12,14H,2-5,9-10H2,1H3,(H,20,22)/t14-/m1/s1. The molecule has 0 bridgehead atoms. The van der Waals surface area contributed by atoms with Gasteiger partial charge in [-0.05, 0) is 38.6 Å². The van der Waals surface area contributed by atoms with Gasteiger partial charge in [0.05, 0.1) is 23.1 Å². The van der Waals surface area contributed by atoms with E-state index in [0.29, 0.717) is 5.92 Å². The number of imidazole rings is 1. The molecule has 0 radical (unpaired) electrons. The second-order valence-corrected chi connectivity index (χ2v) is 7.46. The molecular formula is C18H22N6S. The highest BCUT2D eigenvalue weighted by Crippen LogP contribution is 2.22. The molecule has 0 amide bonds. The maximum absolute atomic E-state index is 4.77. The first-order valence-corrected chi connectivity index (χ1v) is 9.63. The third-order valence-corrected chi connectivity index (χ3v) is 5.24. The van der Waals surface area contributed by atoms with Crippen molar-refractivity contribution in [2.45, 2.75) is 32.7 Å². The van der Waals surface area contributed by atoms with E-state index in [4.69, 9.17) is 4.98 Å². The van der Waals surface area contributed by atoms with Crippen LogP contribution < -0.4 is 0 Å². The van der Waals surface area contributed by atoms with E-state index in [1.807, 2.05) is 24.8 Å². The van der Waals surface area contributed by atoms with Crippen molar-refractivity contribution in [3.63, 3.8) is 0 Å². The number of H-pyrrole nitrogens is 1. The van der Waals surface area contributed by atoms with Gasteiger partial charge in [-0.25, -0.2) is 15.0 Å². The first kappa shape index (κ1) is 16.4. The van der Waals surface area contributed by atoms with E-state index in [1.165, 1.54) is 18.5 Å². The highest BCUT2D eigenvalue weighted by Gasteiger charge is 2.21. The summed E-state index contributed by atoms with van der Waals surface area (Å²) >= 11 is 1.67. The fourth-order valence-electron chi connectivity index (χ4n) is 3.46. The second kappa shape index (κ2) is 7.41. The van der Waals surface area contributed by atoms with Crippen molar-refractivity contribution < 1.29 is 0 Å². The smallest absolute Gasteiger partial charge is 0.157 e. The van der Waals surface area contributed by atoms with Crippen LogP contribution in [-0.4, -0.2) is 42.9 Å². The number of piperidine rings is 1. The molecule has 7 heteroatoms. The van der Waals surface area contributed by atoms with Crippen LogP contribution >= 0.6 is 11.3 Å². The zero-order valence-electron chi connectivity index (χ0n) is 14.4. The van der Waals surface area contributed by atoms with E-state index in [9.17, 15) is 0 Å². The van der Waals surface area contributed by atoms with Crippen molar-refractivity contribution in [2.24, 2.45) is 5.92 Å². The van der Waals surface area contributed by atoms with Gasteiger partial charge in [-0.15, -0.1) is 11.3 Å². The number of rotatable bonds is 5.